The molecule has 0 rings (SSSR count). The summed E-state index contributed by atoms with van der Waals surface area (Å²) >= 11 is 0. The van der Waals surface area contributed by atoms with Gasteiger partial charge in [0.05, 0.1) is 0 Å². The lowest BCUT2D eigenvalue weighted by atomic mass is 10.0. The highest BCUT2D eigenvalue weighted by atomic mass is 16.1. The summed E-state index contributed by atoms with van der Waals surface area (Å²) in [6, 6.07) is 0. The van der Waals surface area contributed by atoms with Crippen LogP contribution < -0.4 is 11.5 Å². The average Bonchev–Trinajstić information content (AvgIpc) is 3.07. The maximum atomic E-state index is 12.4. The highest BCUT2D eigenvalue weighted by Gasteiger charge is 2.13. The van der Waals surface area contributed by atoms with Crippen molar-refractivity contribution in [3.05, 3.63) is 0 Å². The van der Waals surface area contributed by atoms with Crippen molar-refractivity contribution < 1.29 is 19.2 Å². The normalized spacial score (nSPS) is 11.8. The number of unbranched alkanes of at least 4 members (excludes halogenated alkanes) is 10. The molecule has 288 valence electrons. The van der Waals surface area contributed by atoms with Crippen LogP contribution in [0.2, 0.25) is 0 Å². The van der Waals surface area contributed by atoms with Crippen LogP contribution in [0.5, 0.6) is 0 Å². The molecule has 0 spiro atoms. The van der Waals surface area contributed by atoms with Crippen molar-refractivity contribution in [2.24, 2.45) is 23.3 Å². The first-order valence-corrected chi connectivity index (χ1v) is 20.5. The Labute approximate surface area is 302 Å². The van der Waals surface area contributed by atoms with Gasteiger partial charge in [0.1, 0.15) is 23.1 Å². The third-order valence-corrected chi connectivity index (χ3v) is 9.60. The number of rotatable bonds is 38. The van der Waals surface area contributed by atoms with Gasteiger partial charge in [0.2, 0.25) is 0 Å². The molecule has 8 nitrogen and oxygen atoms in total. The van der Waals surface area contributed by atoms with E-state index in [0.717, 1.165) is 77.8 Å². The number of carbonyl (C=O) groups excluding carboxylic acids is 4. The summed E-state index contributed by atoms with van der Waals surface area (Å²) in [4.78, 5) is 53.8. The largest absolute Gasteiger partial charge is 0.330 e. The van der Waals surface area contributed by atoms with Gasteiger partial charge in [-0.3, -0.25) is 19.2 Å². The predicted octanol–water partition coefficient (Wildman–Crippen LogP) is 8.07. The number of ketones is 4. The zero-order chi connectivity index (χ0) is 36.5. The standard InChI is InChI=1S/C41H80N4O4/c1-36(2)20-22-40(48)26-34-44(32-24-38(46)18-16-28-42)30-14-12-10-8-6-5-7-9-11-13-15-31-45(33-25-39(47)19-17-29-43)35-27-41(49)23-21-37(3)4/h36-37H,5-35,42-43H2,1-4H3. The van der Waals surface area contributed by atoms with Crippen molar-refractivity contribution in [3.63, 3.8) is 0 Å². The van der Waals surface area contributed by atoms with Gasteiger partial charge >= 0.3 is 0 Å². The van der Waals surface area contributed by atoms with Crippen molar-refractivity contribution in [1.82, 2.24) is 9.80 Å². The lowest BCUT2D eigenvalue weighted by Crippen LogP contribution is -2.30. The zero-order valence-electron chi connectivity index (χ0n) is 32.8. The van der Waals surface area contributed by atoms with E-state index < -0.39 is 0 Å². The summed E-state index contributed by atoms with van der Waals surface area (Å²) in [5.74, 6) is 2.36. The number of carbonyl (C=O) groups is 4. The molecule has 8 heteroatoms. The summed E-state index contributed by atoms with van der Waals surface area (Å²) < 4.78 is 0. The fourth-order valence-electron chi connectivity index (χ4n) is 6.06. The molecule has 0 aliphatic rings. The molecule has 4 N–H and O–H groups in total. The van der Waals surface area contributed by atoms with E-state index in [4.69, 9.17) is 11.5 Å². The van der Waals surface area contributed by atoms with Crippen molar-refractivity contribution in [3.8, 4) is 0 Å². The second kappa shape index (κ2) is 33.7. The number of nitrogens with zero attached hydrogens (tertiary/aromatic N) is 2. The van der Waals surface area contributed by atoms with Gasteiger partial charge in [-0.15, -0.1) is 0 Å². The molecule has 0 aromatic carbocycles. The Morgan fingerprint density at radius 1 is 0.367 bits per heavy atom. The van der Waals surface area contributed by atoms with Crippen LogP contribution in [-0.2, 0) is 19.2 Å². The summed E-state index contributed by atoms with van der Waals surface area (Å²) in [6.07, 6.45) is 21.8. The van der Waals surface area contributed by atoms with Gasteiger partial charge in [-0.2, -0.15) is 0 Å². The van der Waals surface area contributed by atoms with Crippen LogP contribution in [0.4, 0.5) is 0 Å². The molecule has 49 heavy (non-hydrogen) atoms. The minimum absolute atomic E-state index is 0.284. The van der Waals surface area contributed by atoms with E-state index in [1.807, 2.05) is 0 Å². The van der Waals surface area contributed by atoms with Crippen LogP contribution in [0.3, 0.4) is 0 Å². The summed E-state index contributed by atoms with van der Waals surface area (Å²) in [6.45, 7) is 14.7. The van der Waals surface area contributed by atoms with Crippen LogP contribution >= 0.6 is 0 Å². The highest BCUT2D eigenvalue weighted by molar-refractivity contribution is 5.79. The quantitative estimate of drug-likeness (QED) is 0.0622. The van der Waals surface area contributed by atoms with Crippen LogP contribution in [-0.4, -0.2) is 85.3 Å². The molecule has 0 atom stereocenters. The van der Waals surface area contributed by atoms with Gasteiger partial charge in [-0.1, -0.05) is 85.5 Å². The Balaban J connectivity index is 4.19. The molecular weight excluding hydrogens is 612 g/mol. The van der Waals surface area contributed by atoms with E-state index >= 15 is 0 Å². The fraction of sp³-hybridized carbons (Fsp3) is 0.902. The van der Waals surface area contributed by atoms with Crippen molar-refractivity contribution in [2.45, 2.75) is 175 Å². The van der Waals surface area contributed by atoms with Crippen molar-refractivity contribution in [1.29, 1.82) is 0 Å². The van der Waals surface area contributed by atoms with Crippen molar-refractivity contribution >= 4 is 23.1 Å². The maximum Gasteiger partial charge on any atom is 0.134 e. The first-order valence-electron chi connectivity index (χ1n) is 20.5. The smallest absolute Gasteiger partial charge is 0.134 e. The minimum Gasteiger partial charge on any atom is -0.330 e. The summed E-state index contributed by atoms with van der Waals surface area (Å²) in [5, 5.41) is 0. The molecule has 0 aromatic heterocycles. The topological polar surface area (TPSA) is 127 Å². The van der Waals surface area contributed by atoms with E-state index in [0.29, 0.717) is 87.9 Å². The second-order valence-electron chi connectivity index (χ2n) is 15.4. The third-order valence-electron chi connectivity index (χ3n) is 9.60. The SMILES string of the molecule is CC(C)CCC(=O)CCN(CCCCCCCCCCCCCN(CCC(=O)CCCN)CCC(=O)CCC(C)C)CCC(=O)CCCN. The molecule has 0 bridgehead atoms. The van der Waals surface area contributed by atoms with Crippen LogP contribution in [0.25, 0.3) is 0 Å². The number of hydrogen-bond donors (Lipinski definition) is 2. The lowest BCUT2D eigenvalue weighted by Gasteiger charge is -2.22. The Kier molecular flexibility index (Phi) is 32.6. The number of nitrogens with two attached hydrogens (primary N) is 2. The fourth-order valence-corrected chi connectivity index (χ4v) is 6.06. The van der Waals surface area contributed by atoms with Crippen LogP contribution in [0.1, 0.15) is 175 Å². The minimum atomic E-state index is 0.284. The molecule has 0 aliphatic heterocycles. The Bertz CT molecular complexity index is 766. The van der Waals surface area contributed by atoms with Gasteiger partial charge < -0.3 is 21.3 Å². The molecule has 0 radical (unpaired) electrons. The van der Waals surface area contributed by atoms with E-state index in [9.17, 15) is 19.2 Å². The molecule has 0 fully saturated rings. The van der Waals surface area contributed by atoms with Gasteiger partial charge in [0, 0.05) is 77.5 Å². The van der Waals surface area contributed by atoms with E-state index in [2.05, 4.69) is 37.5 Å². The average molecular weight is 693 g/mol. The van der Waals surface area contributed by atoms with Crippen molar-refractivity contribution in [2.75, 3.05) is 52.4 Å². The van der Waals surface area contributed by atoms with Crippen LogP contribution in [0.15, 0.2) is 0 Å². The number of hydrogen-bond acceptors (Lipinski definition) is 8. The Morgan fingerprint density at radius 3 is 0.898 bits per heavy atom. The van der Waals surface area contributed by atoms with Gasteiger partial charge in [-0.25, -0.2) is 0 Å². The third kappa shape index (κ3) is 33.4. The molecule has 0 saturated heterocycles. The Hall–Kier alpha value is -1.48. The van der Waals surface area contributed by atoms with E-state index in [1.54, 1.807) is 0 Å². The summed E-state index contributed by atoms with van der Waals surface area (Å²) in [5.41, 5.74) is 11.1. The zero-order valence-corrected chi connectivity index (χ0v) is 32.8. The maximum absolute atomic E-state index is 12.4. The highest BCUT2D eigenvalue weighted by Crippen LogP contribution is 2.14. The number of Topliss-reactive ketones (excluding diaryl/α,β-unsaturated/α-hetero) is 4. The van der Waals surface area contributed by atoms with E-state index in [-0.39, 0.29) is 11.6 Å². The molecule has 0 unspecified atom stereocenters. The van der Waals surface area contributed by atoms with Gasteiger partial charge in [-0.05, 0) is 76.5 Å². The van der Waals surface area contributed by atoms with Gasteiger partial charge in [0.25, 0.3) is 0 Å². The predicted molar refractivity (Wildman–Crippen MR) is 207 cm³/mol. The first-order chi connectivity index (χ1) is 23.6. The molecule has 0 aromatic rings. The first kappa shape index (κ1) is 47.5. The summed E-state index contributed by atoms with van der Waals surface area (Å²) in [7, 11) is 0. The second-order valence-corrected chi connectivity index (χ2v) is 15.4. The molecule has 0 heterocycles. The molecule has 0 amide bonds. The van der Waals surface area contributed by atoms with Crippen LogP contribution in [0, 0.1) is 11.8 Å². The molecular formula is C41H80N4O4. The lowest BCUT2D eigenvalue weighted by molar-refractivity contribution is -0.121. The Morgan fingerprint density at radius 2 is 0.633 bits per heavy atom. The van der Waals surface area contributed by atoms with Gasteiger partial charge in [0.15, 0.2) is 0 Å². The molecule has 0 aliphatic carbocycles. The monoisotopic (exact) mass is 693 g/mol. The molecule has 0 saturated carbocycles. The van der Waals surface area contributed by atoms with E-state index in [1.165, 1.54) is 57.8 Å².